The SMILES string of the molecule is COc1ccc(C(CC(=O)O)c2nccn2C)cc1Br. The lowest BCUT2D eigenvalue weighted by molar-refractivity contribution is -0.137. The molecule has 0 aliphatic carbocycles. The van der Waals surface area contributed by atoms with Crippen molar-refractivity contribution in [3.05, 3.63) is 46.5 Å². The predicted molar refractivity (Wildman–Crippen MR) is 78.0 cm³/mol. The molecule has 0 aliphatic heterocycles. The zero-order valence-corrected chi connectivity index (χ0v) is 12.8. The number of benzene rings is 1. The van der Waals surface area contributed by atoms with Crippen LogP contribution in [-0.2, 0) is 11.8 Å². The van der Waals surface area contributed by atoms with Crippen molar-refractivity contribution in [1.82, 2.24) is 9.55 Å². The number of carboxylic acids is 1. The summed E-state index contributed by atoms with van der Waals surface area (Å²) in [5.74, 6) is 0.284. The van der Waals surface area contributed by atoms with Crippen molar-refractivity contribution in [3.63, 3.8) is 0 Å². The summed E-state index contributed by atoms with van der Waals surface area (Å²) in [6, 6.07) is 5.56. The van der Waals surface area contributed by atoms with Gasteiger partial charge in [-0.05, 0) is 33.6 Å². The zero-order valence-electron chi connectivity index (χ0n) is 11.2. The minimum absolute atomic E-state index is 0.0103. The first-order chi connectivity index (χ1) is 9.52. The van der Waals surface area contributed by atoms with Crippen molar-refractivity contribution in [2.75, 3.05) is 7.11 Å². The fraction of sp³-hybridized carbons (Fsp3) is 0.286. The van der Waals surface area contributed by atoms with Crippen LogP contribution in [0.4, 0.5) is 0 Å². The van der Waals surface area contributed by atoms with Crippen LogP contribution in [0.3, 0.4) is 0 Å². The normalized spacial score (nSPS) is 12.2. The highest BCUT2D eigenvalue weighted by molar-refractivity contribution is 9.10. The van der Waals surface area contributed by atoms with Gasteiger partial charge in [0.05, 0.1) is 23.9 Å². The second-order valence-electron chi connectivity index (χ2n) is 4.44. The third kappa shape index (κ3) is 3.01. The Labute approximate surface area is 125 Å². The van der Waals surface area contributed by atoms with Crippen molar-refractivity contribution in [3.8, 4) is 5.75 Å². The number of nitrogens with zero attached hydrogens (tertiary/aromatic N) is 2. The lowest BCUT2D eigenvalue weighted by Crippen LogP contribution is -2.12. The summed E-state index contributed by atoms with van der Waals surface area (Å²) in [6.45, 7) is 0. The number of aromatic nitrogens is 2. The van der Waals surface area contributed by atoms with Crippen molar-refractivity contribution in [2.45, 2.75) is 12.3 Å². The molecule has 6 heteroatoms. The molecule has 1 heterocycles. The third-order valence-corrected chi connectivity index (χ3v) is 3.75. The number of aliphatic carboxylic acids is 1. The quantitative estimate of drug-likeness (QED) is 0.910. The van der Waals surface area contributed by atoms with Gasteiger partial charge in [-0.25, -0.2) is 4.98 Å². The van der Waals surface area contributed by atoms with Gasteiger partial charge in [0.1, 0.15) is 11.6 Å². The standard InChI is InChI=1S/C14H15BrN2O3/c1-17-6-5-16-14(17)10(8-13(18)19)9-3-4-12(20-2)11(15)7-9/h3-7,10H,8H2,1-2H3,(H,18,19). The van der Waals surface area contributed by atoms with E-state index >= 15 is 0 Å². The molecule has 1 aromatic heterocycles. The highest BCUT2D eigenvalue weighted by Gasteiger charge is 2.22. The molecule has 1 aromatic carbocycles. The first-order valence-corrected chi connectivity index (χ1v) is 6.84. The molecule has 1 atom stereocenters. The highest BCUT2D eigenvalue weighted by Crippen LogP contribution is 2.32. The smallest absolute Gasteiger partial charge is 0.304 e. The summed E-state index contributed by atoms with van der Waals surface area (Å²) in [5, 5.41) is 9.13. The van der Waals surface area contributed by atoms with Gasteiger partial charge in [-0.1, -0.05) is 6.07 Å². The maximum Gasteiger partial charge on any atom is 0.304 e. The van der Waals surface area contributed by atoms with Crippen LogP contribution in [0, 0.1) is 0 Å². The van der Waals surface area contributed by atoms with E-state index in [1.807, 2.05) is 36.0 Å². The minimum Gasteiger partial charge on any atom is -0.496 e. The molecule has 1 unspecified atom stereocenters. The molecule has 0 saturated heterocycles. The molecule has 0 bridgehead atoms. The Morgan fingerprint density at radius 3 is 2.80 bits per heavy atom. The van der Waals surface area contributed by atoms with Crippen molar-refractivity contribution in [2.24, 2.45) is 7.05 Å². The van der Waals surface area contributed by atoms with E-state index in [0.29, 0.717) is 5.75 Å². The maximum absolute atomic E-state index is 11.1. The summed E-state index contributed by atoms with van der Waals surface area (Å²) in [5.41, 5.74) is 0.884. The van der Waals surface area contributed by atoms with Gasteiger partial charge in [0.15, 0.2) is 0 Å². The average Bonchev–Trinajstić information content (AvgIpc) is 2.82. The molecule has 0 aliphatic rings. The van der Waals surface area contributed by atoms with Crippen molar-refractivity contribution >= 4 is 21.9 Å². The van der Waals surface area contributed by atoms with E-state index in [2.05, 4.69) is 20.9 Å². The average molecular weight is 339 g/mol. The molecule has 0 fully saturated rings. The van der Waals surface area contributed by atoms with Crippen LogP contribution < -0.4 is 4.74 Å². The number of methoxy groups -OCH3 is 1. The summed E-state index contributed by atoms with van der Waals surface area (Å²) < 4.78 is 7.82. The van der Waals surface area contributed by atoms with Crippen LogP contribution in [0.15, 0.2) is 35.1 Å². The summed E-state index contributed by atoms with van der Waals surface area (Å²) in [6.07, 6.45) is 3.47. The Hall–Kier alpha value is -1.82. The monoisotopic (exact) mass is 338 g/mol. The van der Waals surface area contributed by atoms with E-state index in [4.69, 9.17) is 9.84 Å². The molecule has 2 rings (SSSR count). The molecule has 2 aromatic rings. The van der Waals surface area contributed by atoms with Crippen LogP contribution in [0.5, 0.6) is 5.75 Å². The number of imidazole rings is 1. The van der Waals surface area contributed by atoms with Gasteiger partial charge < -0.3 is 14.4 Å². The topological polar surface area (TPSA) is 64.3 Å². The number of ether oxygens (including phenoxy) is 1. The van der Waals surface area contributed by atoms with Gasteiger partial charge >= 0.3 is 5.97 Å². The highest BCUT2D eigenvalue weighted by atomic mass is 79.9. The molecule has 20 heavy (non-hydrogen) atoms. The van der Waals surface area contributed by atoms with Crippen LogP contribution >= 0.6 is 15.9 Å². The number of rotatable bonds is 5. The number of carbonyl (C=O) groups is 1. The number of hydrogen-bond donors (Lipinski definition) is 1. The Bertz CT molecular complexity index is 625. The molecular weight excluding hydrogens is 324 g/mol. The van der Waals surface area contributed by atoms with E-state index in [1.165, 1.54) is 0 Å². The molecule has 1 N–H and O–H groups in total. The first-order valence-electron chi connectivity index (χ1n) is 6.05. The van der Waals surface area contributed by atoms with E-state index in [9.17, 15) is 4.79 Å². The van der Waals surface area contributed by atoms with E-state index < -0.39 is 5.97 Å². The largest absolute Gasteiger partial charge is 0.496 e. The molecule has 106 valence electrons. The second kappa shape index (κ2) is 6.09. The van der Waals surface area contributed by atoms with Crippen LogP contribution in [0.25, 0.3) is 0 Å². The predicted octanol–water partition coefficient (Wildman–Crippen LogP) is 2.80. The Morgan fingerprint density at radius 1 is 1.55 bits per heavy atom. The summed E-state index contributed by atoms with van der Waals surface area (Å²) in [7, 11) is 3.45. The fourth-order valence-corrected chi connectivity index (χ4v) is 2.70. The first kappa shape index (κ1) is 14.6. The zero-order chi connectivity index (χ0) is 14.7. The lowest BCUT2D eigenvalue weighted by atomic mass is 9.94. The van der Waals surface area contributed by atoms with Gasteiger partial charge in [0.25, 0.3) is 0 Å². The van der Waals surface area contributed by atoms with Gasteiger partial charge in [-0.15, -0.1) is 0 Å². The molecule has 5 nitrogen and oxygen atoms in total. The number of aryl methyl sites for hydroxylation is 1. The molecule has 0 radical (unpaired) electrons. The number of hydrogen-bond acceptors (Lipinski definition) is 3. The molecule has 0 spiro atoms. The summed E-state index contributed by atoms with van der Waals surface area (Å²) >= 11 is 3.42. The Morgan fingerprint density at radius 2 is 2.30 bits per heavy atom. The van der Waals surface area contributed by atoms with Gasteiger partial charge in [-0.2, -0.15) is 0 Å². The minimum atomic E-state index is -0.857. The summed E-state index contributed by atoms with van der Waals surface area (Å²) in [4.78, 5) is 15.4. The van der Waals surface area contributed by atoms with Crippen molar-refractivity contribution < 1.29 is 14.6 Å². The van der Waals surface area contributed by atoms with E-state index in [0.717, 1.165) is 15.9 Å². The molecule has 0 amide bonds. The number of carboxylic acid groups (broad SMARTS) is 1. The van der Waals surface area contributed by atoms with Gasteiger partial charge in [-0.3, -0.25) is 4.79 Å². The van der Waals surface area contributed by atoms with Crippen LogP contribution in [0.2, 0.25) is 0 Å². The Balaban J connectivity index is 2.44. The van der Waals surface area contributed by atoms with Crippen LogP contribution in [0.1, 0.15) is 23.7 Å². The van der Waals surface area contributed by atoms with Gasteiger partial charge in [0, 0.05) is 19.4 Å². The lowest BCUT2D eigenvalue weighted by Gasteiger charge is -2.16. The fourth-order valence-electron chi connectivity index (χ4n) is 2.15. The molecular formula is C14H15BrN2O3. The maximum atomic E-state index is 11.1. The number of halogens is 1. The third-order valence-electron chi connectivity index (χ3n) is 3.13. The molecule has 0 saturated carbocycles. The van der Waals surface area contributed by atoms with Gasteiger partial charge in [0.2, 0.25) is 0 Å². The van der Waals surface area contributed by atoms with Crippen molar-refractivity contribution in [1.29, 1.82) is 0 Å². The Kier molecular flexibility index (Phi) is 4.44. The van der Waals surface area contributed by atoms with E-state index in [1.54, 1.807) is 13.3 Å². The second-order valence-corrected chi connectivity index (χ2v) is 5.30. The van der Waals surface area contributed by atoms with Crippen LogP contribution in [-0.4, -0.2) is 27.7 Å². The van der Waals surface area contributed by atoms with E-state index in [-0.39, 0.29) is 12.3 Å².